The monoisotopic (exact) mass is 267 g/mol. The van der Waals surface area contributed by atoms with Crippen molar-refractivity contribution in [3.63, 3.8) is 0 Å². The van der Waals surface area contributed by atoms with Gasteiger partial charge in [-0.2, -0.15) is 0 Å². The lowest BCUT2D eigenvalue weighted by Gasteiger charge is -2.07. The molecule has 6 heteroatoms. The minimum Gasteiger partial charge on any atom is -0.504 e. The number of aromatic hydroxyl groups is 1. The summed E-state index contributed by atoms with van der Waals surface area (Å²) in [6.45, 7) is 0. The quantitative estimate of drug-likeness (QED) is 0.839. The number of hydrogen-bond acceptors (Lipinski definition) is 6. The number of carbonyl (C=O) groups is 1. The molecule has 0 bridgehead atoms. The molecule has 0 aliphatic carbocycles. The van der Waals surface area contributed by atoms with Crippen LogP contribution in [0.2, 0.25) is 0 Å². The van der Waals surface area contributed by atoms with Crippen LogP contribution in [0, 0.1) is 0 Å². The van der Waals surface area contributed by atoms with Gasteiger partial charge in [0.1, 0.15) is 5.04 Å². The molecular weight excluding hydrogens is 254 g/mol. The van der Waals surface area contributed by atoms with E-state index in [0.29, 0.717) is 22.1 Å². The highest BCUT2D eigenvalue weighted by atomic mass is 32.2. The number of methoxy groups -OCH3 is 2. The Labute approximate surface area is 109 Å². The Kier molecular flexibility index (Phi) is 3.76. The SMILES string of the molecule is COC(=O)[C@H]1CSC(c2cccc(OC)c2O)=N1. The van der Waals surface area contributed by atoms with Crippen LogP contribution < -0.4 is 4.74 Å². The Morgan fingerprint density at radius 2 is 2.28 bits per heavy atom. The predicted octanol–water partition coefficient (Wildman–Crippen LogP) is 1.44. The molecule has 0 unspecified atom stereocenters. The Morgan fingerprint density at radius 1 is 1.50 bits per heavy atom. The normalized spacial score (nSPS) is 18.3. The van der Waals surface area contributed by atoms with Gasteiger partial charge in [0.25, 0.3) is 0 Å². The second-order valence-corrected chi connectivity index (χ2v) is 4.65. The lowest BCUT2D eigenvalue weighted by Crippen LogP contribution is -2.19. The van der Waals surface area contributed by atoms with E-state index in [0.717, 1.165) is 0 Å². The first kappa shape index (κ1) is 12.8. The number of phenols is 1. The fourth-order valence-corrected chi connectivity index (χ4v) is 2.69. The molecule has 2 rings (SSSR count). The number of phenolic OH excluding ortho intramolecular Hbond substituents is 1. The molecule has 1 atom stereocenters. The van der Waals surface area contributed by atoms with E-state index < -0.39 is 6.04 Å². The zero-order valence-electron chi connectivity index (χ0n) is 10.0. The van der Waals surface area contributed by atoms with Gasteiger partial charge in [0.15, 0.2) is 17.5 Å². The molecule has 0 radical (unpaired) electrons. The van der Waals surface area contributed by atoms with Crippen LogP contribution in [0.25, 0.3) is 0 Å². The van der Waals surface area contributed by atoms with E-state index >= 15 is 0 Å². The van der Waals surface area contributed by atoms with Gasteiger partial charge in [0, 0.05) is 5.75 Å². The molecule has 96 valence electrons. The van der Waals surface area contributed by atoms with Crippen molar-refractivity contribution in [2.24, 2.45) is 4.99 Å². The van der Waals surface area contributed by atoms with Crippen LogP contribution in [0.4, 0.5) is 0 Å². The fraction of sp³-hybridized carbons (Fsp3) is 0.333. The maximum atomic E-state index is 11.4. The van der Waals surface area contributed by atoms with Crippen LogP contribution in [0.5, 0.6) is 11.5 Å². The molecule has 1 N–H and O–H groups in total. The molecule has 0 amide bonds. The summed E-state index contributed by atoms with van der Waals surface area (Å²) >= 11 is 1.41. The third kappa shape index (κ3) is 2.28. The van der Waals surface area contributed by atoms with Gasteiger partial charge in [0.2, 0.25) is 0 Å². The van der Waals surface area contributed by atoms with Gasteiger partial charge in [-0.1, -0.05) is 6.07 Å². The lowest BCUT2D eigenvalue weighted by atomic mass is 10.2. The van der Waals surface area contributed by atoms with E-state index in [4.69, 9.17) is 4.74 Å². The highest BCUT2D eigenvalue weighted by Gasteiger charge is 2.28. The smallest absolute Gasteiger partial charge is 0.331 e. The van der Waals surface area contributed by atoms with Crippen LogP contribution in [0.15, 0.2) is 23.2 Å². The highest BCUT2D eigenvalue weighted by molar-refractivity contribution is 8.14. The van der Waals surface area contributed by atoms with Gasteiger partial charge in [-0.15, -0.1) is 11.8 Å². The molecule has 0 spiro atoms. The molecule has 5 nitrogen and oxygen atoms in total. The number of para-hydroxylation sites is 1. The van der Waals surface area contributed by atoms with Crippen molar-refractivity contribution in [1.82, 2.24) is 0 Å². The molecule has 1 aromatic carbocycles. The third-order valence-corrected chi connectivity index (χ3v) is 3.65. The first-order chi connectivity index (χ1) is 8.67. The van der Waals surface area contributed by atoms with Gasteiger partial charge >= 0.3 is 5.97 Å². The third-order valence-electron chi connectivity index (χ3n) is 2.57. The highest BCUT2D eigenvalue weighted by Crippen LogP contribution is 2.34. The summed E-state index contributed by atoms with van der Waals surface area (Å²) in [6.07, 6.45) is 0. The van der Waals surface area contributed by atoms with Crippen molar-refractivity contribution >= 4 is 22.8 Å². The van der Waals surface area contributed by atoms with Gasteiger partial charge < -0.3 is 14.6 Å². The van der Waals surface area contributed by atoms with Crippen molar-refractivity contribution in [2.45, 2.75) is 6.04 Å². The van der Waals surface area contributed by atoms with Gasteiger partial charge in [-0.25, -0.2) is 4.79 Å². The minimum atomic E-state index is -0.499. The molecule has 0 saturated carbocycles. The van der Waals surface area contributed by atoms with Gasteiger partial charge in [0.05, 0.1) is 19.8 Å². The summed E-state index contributed by atoms with van der Waals surface area (Å²) < 4.78 is 9.68. The first-order valence-electron chi connectivity index (χ1n) is 5.32. The standard InChI is InChI=1S/C12H13NO4S/c1-16-9-5-3-4-7(10(9)14)11-13-8(6-18-11)12(15)17-2/h3-5,8,14H,6H2,1-2H3/t8-/m1/s1. The van der Waals surface area contributed by atoms with Crippen LogP contribution >= 0.6 is 11.8 Å². The maximum absolute atomic E-state index is 11.4. The molecule has 0 aromatic heterocycles. The summed E-state index contributed by atoms with van der Waals surface area (Å²) in [7, 11) is 2.82. The topological polar surface area (TPSA) is 68.1 Å². The number of hydrogen-bond donors (Lipinski definition) is 1. The molecule has 1 heterocycles. The Morgan fingerprint density at radius 3 is 2.94 bits per heavy atom. The van der Waals surface area contributed by atoms with Crippen molar-refractivity contribution in [2.75, 3.05) is 20.0 Å². The van der Waals surface area contributed by atoms with Gasteiger partial charge in [-0.3, -0.25) is 4.99 Å². The Hall–Kier alpha value is -1.69. The molecule has 1 aliphatic rings. The number of ether oxygens (including phenoxy) is 2. The van der Waals surface area contributed by atoms with Gasteiger partial charge in [-0.05, 0) is 12.1 Å². The fourth-order valence-electron chi connectivity index (χ4n) is 1.64. The van der Waals surface area contributed by atoms with Crippen LogP contribution in [-0.4, -0.2) is 42.1 Å². The van der Waals surface area contributed by atoms with Crippen molar-refractivity contribution in [3.05, 3.63) is 23.8 Å². The molecular formula is C12H13NO4S. The molecule has 1 aliphatic heterocycles. The van der Waals surface area contributed by atoms with E-state index in [1.54, 1.807) is 18.2 Å². The molecule has 0 saturated heterocycles. The van der Waals surface area contributed by atoms with Crippen LogP contribution in [0.3, 0.4) is 0 Å². The number of benzene rings is 1. The zero-order chi connectivity index (χ0) is 13.1. The summed E-state index contributed by atoms with van der Waals surface area (Å²) in [4.78, 5) is 15.6. The number of aliphatic imine (C=N–C) groups is 1. The van der Waals surface area contributed by atoms with Crippen molar-refractivity contribution in [3.8, 4) is 11.5 Å². The number of thioether (sulfide) groups is 1. The van der Waals surface area contributed by atoms with Crippen molar-refractivity contribution in [1.29, 1.82) is 0 Å². The number of esters is 1. The number of nitrogens with zero attached hydrogens (tertiary/aromatic N) is 1. The summed E-state index contributed by atoms with van der Waals surface area (Å²) in [5.41, 5.74) is 0.575. The molecule has 18 heavy (non-hydrogen) atoms. The van der Waals surface area contributed by atoms with Crippen LogP contribution in [-0.2, 0) is 9.53 Å². The zero-order valence-corrected chi connectivity index (χ0v) is 10.9. The number of rotatable bonds is 3. The first-order valence-corrected chi connectivity index (χ1v) is 6.30. The average Bonchev–Trinajstić information content (AvgIpc) is 2.87. The minimum absolute atomic E-state index is 0.0387. The predicted molar refractivity (Wildman–Crippen MR) is 69.5 cm³/mol. The van der Waals surface area contributed by atoms with Crippen molar-refractivity contribution < 1.29 is 19.4 Å². The number of carbonyl (C=O) groups excluding carboxylic acids is 1. The maximum Gasteiger partial charge on any atom is 0.331 e. The van der Waals surface area contributed by atoms with E-state index in [-0.39, 0.29) is 11.7 Å². The molecule has 1 aromatic rings. The van der Waals surface area contributed by atoms with E-state index in [1.807, 2.05) is 0 Å². The van der Waals surface area contributed by atoms with E-state index in [9.17, 15) is 9.90 Å². The molecule has 0 fully saturated rings. The summed E-state index contributed by atoms with van der Waals surface area (Å²) in [5.74, 6) is 0.590. The van der Waals surface area contributed by atoms with Crippen LogP contribution in [0.1, 0.15) is 5.56 Å². The van der Waals surface area contributed by atoms with E-state index in [1.165, 1.54) is 26.0 Å². The Balaban J connectivity index is 2.31. The second-order valence-electron chi connectivity index (χ2n) is 3.64. The second kappa shape index (κ2) is 5.30. The summed E-state index contributed by atoms with van der Waals surface area (Å²) in [6, 6.07) is 4.67. The Bertz CT molecular complexity index is 501. The van der Waals surface area contributed by atoms with E-state index in [2.05, 4.69) is 9.73 Å². The lowest BCUT2D eigenvalue weighted by molar-refractivity contribution is -0.141. The average molecular weight is 267 g/mol. The summed E-state index contributed by atoms with van der Waals surface area (Å²) in [5, 5.41) is 10.6. The largest absolute Gasteiger partial charge is 0.504 e.